The van der Waals surface area contributed by atoms with E-state index in [1.807, 2.05) is 9.80 Å². The van der Waals surface area contributed by atoms with Gasteiger partial charge in [-0.3, -0.25) is 9.59 Å². The fraction of sp³-hybridized carbons (Fsp3) is 0.684. The highest BCUT2D eigenvalue weighted by atomic mass is 32.1. The van der Waals surface area contributed by atoms with Crippen LogP contribution in [-0.2, 0) is 16.1 Å². The van der Waals surface area contributed by atoms with E-state index in [0.717, 1.165) is 12.8 Å². The van der Waals surface area contributed by atoms with Gasteiger partial charge in [0, 0.05) is 29.9 Å². The van der Waals surface area contributed by atoms with Crippen molar-refractivity contribution < 1.29 is 9.59 Å². The fourth-order valence-electron chi connectivity index (χ4n) is 3.94. The van der Waals surface area contributed by atoms with Gasteiger partial charge >= 0.3 is 0 Å². The van der Waals surface area contributed by atoms with Crippen molar-refractivity contribution in [3.8, 4) is 0 Å². The van der Waals surface area contributed by atoms with E-state index in [9.17, 15) is 9.59 Å². The van der Waals surface area contributed by atoms with Crippen LogP contribution in [-0.4, -0.2) is 40.2 Å². The lowest BCUT2D eigenvalue weighted by molar-refractivity contribution is -0.138. The van der Waals surface area contributed by atoms with Gasteiger partial charge in [0.25, 0.3) is 0 Å². The third-order valence-electron chi connectivity index (χ3n) is 5.46. The highest BCUT2D eigenvalue weighted by Crippen LogP contribution is 2.31. The third-order valence-corrected chi connectivity index (χ3v) is 6.47. The lowest BCUT2D eigenvalue weighted by atomic mass is 10.1. The molecule has 1 aliphatic carbocycles. The predicted octanol–water partition coefficient (Wildman–Crippen LogP) is 3.58. The van der Waals surface area contributed by atoms with E-state index in [2.05, 4.69) is 32.2 Å². The normalized spacial score (nSPS) is 21.9. The molecule has 2 heterocycles. The van der Waals surface area contributed by atoms with Crippen LogP contribution in [0.15, 0.2) is 11.4 Å². The first-order chi connectivity index (χ1) is 11.5. The Morgan fingerprint density at radius 2 is 2.08 bits per heavy atom. The number of hydrogen-bond donors (Lipinski definition) is 0. The Morgan fingerprint density at radius 1 is 1.38 bits per heavy atom. The summed E-state index contributed by atoms with van der Waals surface area (Å²) in [5.41, 5.74) is 1.24. The molecule has 4 nitrogen and oxygen atoms in total. The lowest BCUT2D eigenvalue weighted by Crippen LogP contribution is -2.42. The SMILES string of the molecule is Cc1ccsc1CN(C(=O)C1CC(=O)N(C2CCCC2)C1)C(C)C. The van der Waals surface area contributed by atoms with E-state index in [1.165, 1.54) is 23.3 Å². The predicted molar refractivity (Wildman–Crippen MR) is 96.8 cm³/mol. The highest BCUT2D eigenvalue weighted by molar-refractivity contribution is 7.10. The molecule has 1 aromatic rings. The average Bonchev–Trinajstić information content (AvgIpc) is 3.25. The summed E-state index contributed by atoms with van der Waals surface area (Å²) in [7, 11) is 0. The van der Waals surface area contributed by atoms with Gasteiger partial charge in [0.1, 0.15) is 0 Å². The molecule has 1 aromatic heterocycles. The quantitative estimate of drug-likeness (QED) is 0.816. The van der Waals surface area contributed by atoms with Crippen molar-refractivity contribution in [2.24, 2.45) is 5.92 Å². The summed E-state index contributed by atoms with van der Waals surface area (Å²) >= 11 is 1.71. The minimum atomic E-state index is -0.166. The van der Waals surface area contributed by atoms with Crippen LogP contribution in [0.25, 0.3) is 0 Å². The summed E-state index contributed by atoms with van der Waals surface area (Å²) in [5, 5.41) is 2.08. The smallest absolute Gasteiger partial charge is 0.228 e. The van der Waals surface area contributed by atoms with Gasteiger partial charge in [-0.2, -0.15) is 0 Å². The Balaban J connectivity index is 1.69. The number of likely N-dealkylation sites (tertiary alicyclic amines) is 1. The highest BCUT2D eigenvalue weighted by Gasteiger charge is 2.40. The van der Waals surface area contributed by atoms with E-state index in [1.54, 1.807) is 11.3 Å². The molecule has 0 aromatic carbocycles. The second-order valence-corrected chi connectivity index (χ2v) is 8.47. The average molecular weight is 349 g/mol. The zero-order valence-electron chi connectivity index (χ0n) is 15.0. The topological polar surface area (TPSA) is 40.6 Å². The van der Waals surface area contributed by atoms with Gasteiger partial charge < -0.3 is 9.80 Å². The molecular formula is C19H28N2O2S. The third kappa shape index (κ3) is 3.51. The number of thiophene rings is 1. The van der Waals surface area contributed by atoms with Crippen molar-refractivity contribution in [3.05, 3.63) is 21.9 Å². The molecule has 5 heteroatoms. The summed E-state index contributed by atoms with van der Waals surface area (Å²) in [5.74, 6) is 0.156. The molecule has 2 amide bonds. The molecule has 0 N–H and O–H groups in total. The van der Waals surface area contributed by atoms with Gasteiger partial charge in [-0.1, -0.05) is 12.8 Å². The minimum Gasteiger partial charge on any atom is -0.339 e. The van der Waals surface area contributed by atoms with Gasteiger partial charge in [-0.05, 0) is 50.6 Å². The van der Waals surface area contributed by atoms with E-state index in [0.29, 0.717) is 25.6 Å². The maximum atomic E-state index is 13.1. The zero-order chi connectivity index (χ0) is 17.3. The Labute approximate surface area is 148 Å². The van der Waals surface area contributed by atoms with E-state index >= 15 is 0 Å². The maximum absolute atomic E-state index is 13.1. The maximum Gasteiger partial charge on any atom is 0.228 e. The van der Waals surface area contributed by atoms with Crippen molar-refractivity contribution in [2.45, 2.75) is 71.5 Å². The first-order valence-electron chi connectivity index (χ1n) is 9.10. The van der Waals surface area contributed by atoms with Crippen molar-refractivity contribution in [1.29, 1.82) is 0 Å². The Bertz CT molecular complexity index is 604. The van der Waals surface area contributed by atoms with Crippen LogP contribution in [0.3, 0.4) is 0 Å². The molecule has 0 radical (unpaired) electrons. The zero-order valence-corrected chi connectivity index (χ0v) is 15.8. The number of carbonyl (C=O) groups is 2. The van der Waals surface area contributed by atoms with Crippen molar-refractivity contribution in [2.75, 3.05) is 6.54 Å². The molecular weight excluding hydrogens is 320 g/mol. The molecule has 0 bridgehead atoms. The van der Waals surface area contributed by atoms with Crippen LogP contribution in [0.4, 0.5) is 0 Å². The van der Waals surface area contributed by atoms with E-state index in [4.69, 9.17) is 0 Å². The number of nitrogens with zero attached hydrogens (tertiary/aromatic N) is 2. The molecule has 1 aliphatic heterocycles. The Morgan fingerprint density at radius 3 is 2.67 bits per heavy atom. The summed E-state index contributed by atoms with van der Waals surface area (Å²) in [6.45, 7) is 7.50. The molecule has 0 spiro atoms. The van der Waals surface area contributed by atoms with Gasteiger partial charge in [0.15, 0.2) is 0 Å². The van der Waals surface area contributed by atoms with Gasteiger partial charge in [-0.25, -0.2) is 0 Å². The van der Waals surface area contributed by atoms with Crippen molar-refractivity contribution >= 4 is 23.2 Å². The minimum absolute atomic E-state index is 0.145. The summed E-state index contributed by atoms with van der Waals surface area (Å²) < 4.78 is 0. The molecule has 2 aliphatic rings. The van der Waals surface area contributed by atoms with Crippen molar-refractivity contribution in [3.63, 3.8) is 0 Å². The second-order valence-electron chi connectivity index (χ2n) is 7.47. The molecule has 1 atom stereocenters. The van der Waals surface area contributed by atoms with E-state index in [-0.39, 0.29) is 23.8 Å². The number of amides is 2. The Kier molecular flexibility index (Phi) is 5.28. The molecule has 132 valence electrons. The van der Waals surface area contributed by atoms with Gasteiger partial charge in [0.2, 0.25) is 11.8 Å². The summed E-state index contributed by atoms with van der Waals surface area (Å²) in [6, 6.07) is 2.63. The monoisotopic (exact) mass is 348 g/mol. The van der Waals surface area contributed by atoms with Crippen LogP contribution in [0.2, 0.25) is 0 Å². The number of carbonyl (C=O) groups excluding carboxylic acids is 2. The molecule has 2 fully saturated rings. The van der Waals surface area contributed by atoms with E-state index < -0.39 is 0 Å². The molecule has 24 heavy (non-hydrogen) atoms. The number of rotatable bonds is 5. The van der Waals surface area contributed by atoms with Crippen LogP contribution in [0.1, 0.15) is 56.4 Å². The molecule has 1 saturated carbocycles. The van der Waals surface area contributed by atoms with Crippen LogP contribution < -0.4 is 0 Å². The fourth-order valence-corrected chi connectivity index (χ4v) is 4.84. The summed E-state index contributed by atoms with van der Waals surface area (Å²) in [4.78, 5) is 30.7. The molecule has 1 saturated heterocycles. The van der Waals surface area contributed by atoms with Crippen LogP contribution in [0.5, 0.6) is 0 Å². The standard InChI is InChI=1S/C19H28N2O2S/c1-13(2)20(12-17-14(3)8-9-24-17)19(23)15-10-18(22)21(11-15)16-6-4-5-7-16/h8-9,13,15-16H,4-7,10-12H2,1-3H3. The van der Waals surface area contributed by atoms with Gasteiger partial charge in [0.05, 0.1) is 12.5 Å². The second kappa shape index (κ2) is 7.26. The number of hydrogen-bond acceptors (Lipinski definition) is 3. The van der Waals surface area contributed by atoms with Crippen LogP contribution in [0, 0.1) is 12.8 Å². The van der Waals surface area contributed by atoms with Crippen LogP contribution >= 0.6 is 11.3 Å². The lowest BCUT2D eigenvalue weighted by Gasteiger charge is -2.30. The largest absolute Gasteiger partial charge is 0.339 e. The van der Waals surface area contributed by atoms with Gasteiger partial charge in [-0.15, -0.1) is 11.3 Å². The number of aryl methyl sites for hydroxylation is 1. The summed E-state index contributed by atoms with van der Waals surface area (Å²) in [6.07, 6.45) is 5.03. The molecule has 1 unspecified atom stereocenters. The van der Waals surface area contributed by atoms with Crippen molar-refractivity contribution in [1.82, 2.24) is 9.80 Å². The Hall–Kier alpha value is -1.36. The molecule has 3 rings (SSSR count). The first kappa shape index (κ1) is 17.5. The first-order valence-corrected chi connectivity index (χ1v) is 9.98.